The van der Waals surface area contributed by atoms with Gasteiger partial charge in [0.15, 0.2) is 11.5 Å². The first-order valence-corrected chi connectivity index (χ1v) is 6.48. The van der Waals surface area contributed by atoms with Gasteiger partial charge in [0.05, 0.1) is 13.2 Å². The van der Waals surface area contributed by atoms with Gasteiger partial charge in [-0.15, -0.1) is 0 Å². The van der Waals surface area contributed by atoms with Crippen molar-refractivity contribution in [2.24, 2.45) is 5.73 Å². The highest BCUT2D eigenvalue weighted by atomic mass is 16.7. The lowest BCUT2D eigenvalue weighted by Crippen LogP contribution is -2.13. The second-order valence-electron chi connectivity index (χ2n) is 4.81. The Morgan fingerprint density at radius 3 is 2.65 bits per heavy atom. The molecule has 2 N–H and O–H groups in total. The minimum atomic E-state index is -0.199. The number of rotatable bonds is 3. The quantitative estimate of drug-likeness (QED) is 0.932. The van der Waals surface area contributed by atoms with Crippen LogP contribution in [0.15, 0.2) is 36.4 Å². The van der Waals surface area contributed by atoms with Crippen LogP contribution in [-0.2, 0) is 0 Å². The van der Waals surface area contributed by atoms with Gasteiger partial charge < -0.3 is 19.9 Å². The summed E-state index contributed by atoms with van der Waals surface area (Å²) in [6.07, 6.45) is 0. The number of hydrogen-bond donors (Lipinski definition) is 1. The molecule has 3 rings (SSSR count). The van der Waals surface area contributed by atoms with Gasteiger partial charge in [-0.05, 0) is 47.9 Å². The van der Waals surface area contributed by atoms with Crippen molar-refractivity contribution < 1.29 is 14.2 Å². The van der Waals surface area contributed by atoms with Gasteiger partial charge in [0, 0.05) is 0 Å². The zero-order valence-electron chi connectivity index (χ0n) is 11.6. The molecular weight excluding hydrogens is 254 g/mol. The average Bonchev–Trinajstić information content (AvgIpc) is 2.93. The molecule has 104 valence electrons. The zero-order valence-corrected chi connectivity index (χ0v) is 11.6. The third kappa shape index (κ3) is 2.18. The number of methoxy groups -OCH3 is 1. The summed E-state index contributed by atoms with van der Waals surface area (Å²) in [5.74, 6) is 2.36. The fraction of sp³-hybridized carbons (Fsp3) is 0.250. The molecule has 4 nitrogen and oxygen atoms in total. The monoisotopic (exact) mass is 271 g/mol. The van der Waals surface area contributed by atoms with E-state index in [4.69, 9.17) is 19.9 Å². The highest BCUT2D eigenvalue weighted by Gasteiger charge is 2.18. The SMILES string of the molecule is COc1ccc(C(N)c2ccc3c(c2)OCO3)c(C)c1. The lowest BCUT2D eigenvalue weighted by Gasteiger charge is -2.16. The largest absolute Gasteiger partial charge is 0.497 e. The van der Waals surface area contributed by atoms with E-state index in [1.165, 1.54) is 0 Å². The van der Waals surface area contributed by atoms with Crippen molar-refractivity contribution in [1.82, 2.24) is 0 Å². The highest BCUT2D eigenvalue weighted by Crippen LogP contribution is 2.35. The van der Waals surface area contributed by atoms with Gasteiger partial charge in [-0.2, -0.15) is 0 Å². The predicted octanol–water partition coefficient (Wildman–Crippen LogP) is 2.78. The van der Waals surface area contributed by atoms with Crippen LogP contribution >= 0.6 is 0 Å². The number of benzene rings is 2. The van der Waals surface area contributed by atoms with Crippen LogP contribution in [0.2, 0.25) is 0 Å². The third-order valence-electron chi connectivity index (χ3n) is 3.57. The summed E-state index contributed by atoms with van der Waals surface area (Å²) in [6.45, 7) is 2.31. The van der Waals surface area contributed by atoms with Gasteiger partial charge >= 0.3 is 0 Å². The third-order valence-corrected chi connectivity index (χ3v) is 3.57. The van der Waals surface area contributed by atoms with Gasteiger partial charge in [-0.25, -0.2) is 0 Å². The first kappa shape index (κ1) is 12.8. The Morgan fingerprint density at radius 2 is 1.90 bits per heavy atom. The van der Waals surface area contributed by atoms with Crippen molar-refractivity contribution in [2.75, 3.05) is 13.9 Å². The number of hydrogen-bond acceptors (Lipinski definition) is 4. The van der Waals surface area contributed by atoms with E-state index in [2.05, 4.69) is 0 Å². The van der Waals surface area contributed by atoms with Crippen LogP contribution in [0.1, 0.15) is 22.7 Å². The van der Waals surface area contributed by atoms with Crippen LogP contribution in [0.4, 0.5) is 0 Å². The number of fused-ring (bicyclic) bond motifs is 1. The molecule has 2 aromatic carbocycles. The normalized spacial score (nSPS) is 14.2. The number of ether oxygens (including phenoxy) is 3. The van der Waals surface area contributed by atoms with Crippen LogP contribution in [0, 0.1) is 6.92 Å². The van der Waals surface area contributed by atoms with Crippen LogP contribution in [0.3, 0.4) is 0 Å². The summed E-state index contributed by atoms with van der Waals surface area (Å²) in [7, 11) is 1.66. The molecule has 0 amide bonds. The Kier molecular flexibility index (Phi) is 3.24. The fourth-order valence-corrected chi connectivity index (χ4v) is 2.41. The molecule has 0 radical (unpaired) electrons. The van der Waals surface area contributed by atoms with Gasteiger partial charge in [0.1, 0.15) is 5.75 Å². The molecule has 0 fully saturated rings. The number of aryl methyl sites for hydroxylation is 1. The van der Waals surface area contributed by atoms with Crippen molar-refractivity contribution in [3.05, 3.63) is 53.1 Å². The minimum absolute atomic E-state index is 0.199. The van der Waals surface area contributed by atoms with E-state index < -0.39 is 0 Å². The van der Waals surface area contributed by atoms with E-state index in [0.29, 0.717) is 0 Å². The first-order chi connectivity index (χ1) is 9.69. The maximum atomic E-state index is 6.37. The lowest BCUT2D eigenvalue weighted by atomic mass is 9.95. The fourth-order valence-electron chi connectivity index (χ4n) is 2.41. The molecule has 0 saturated heterocycles. The molecule has 0 spiro atoms. The topological polar surface area (TPSA) is 53.7 Å². The summed E-state index contributed by atoms with van der Waals surface area (Å²) in [5, 5.41) is 0. The van der Waals surface area contributed by atoms with Gasteiger partial charge in [-0.1, -0.05) is 12.1 Å². The second kappa shape index (κ2) is 5.06. The highest BCUT2D eigenvalue weighted by molar-refractivity contribution is 5.48. The van der Waals surface area contributed by atoms with Crippen molar-refractivity contribution >= 4 is 0 Å². The van der Waals surface area contributed by atoms with Crippen LogP contribution in [0.25, 0.3) is 0 Å². The maximum Gasteiger partial charge on any atom is 0.231 e. The summed E-state index contributed by atoms with van der Waals surface area (Å²) in [5.41, 5.74) is 9.55. The van der Waals surface area contributed by atoms with E-state index in [1.54, 1.807) is 7.11 Å². The first-order valence-electron chi connectivity index (χ1n) is 6.48. The zero-order chi connectivity index (χ0) is 14.1. The van der Waals surface area contributed by atoms with Crippen LogP contribution in [-0.4, -0.2) is 13.9 Å². The van der Waals surface area contributed by atoms with Crippen molar-refractivity contribution in [3.63, 3.8) is 0 Å². The summed E-state index contributed by atoms with van der Waals surface area (Å²) in [4.78, 5) is 0. The second-order valence-corrected chi connectivity index (χ2v) is 4.81. The molecule has 20 heavy (non-hydrogen) atoms. The van der Waals surface area contributed by atoms with Crippen molar-refractivity contribution in [1.29, 1.82) is 0 Å². The van der Waals surface area contributed by atoms with Gasteiger partial charge in [-0.3, -0.25) is 0 Å². The van der Waals surface area contributed by atoms with Crippen LogP contribution in [0.5, 0.6) is 17.2 Å². The Bertz CT molecular complexity index is 640. The molecule has 1 heterocycles. The van der Waals surface area contributed by atoms with E-state index in [-0.39, 0.29) is 12.8 Å². The molecule has 1 atom stereocenters. The van der Waals surface area contributed by atoms with Gasteiger partial charge in [0.2, 0.25) is 6.79 Å². The summed E-state index contributed by atoms with van der Waals surface area (Å²) < 4.78 is 15.9. The number of nitrogens with two attached hydrogens (primary N) is 1. The summed E-state index contributed by atoms with van der Waals surface area (Å²) >= 11 is 0. The van der Waals surface area contributed by atoms with Crippen LogP contribution < -0.4 is 19.9 Å². The van der Waals surface area contributed by atoms with E-state index in [9.17, 15) is 0 Å². The molecule has 4 heteroatoms. The Morgan fingerprint density at radius 1 is 1.10 bits per heavy atom. The Balaban J connectivity index is 1.94. The summed E-state index contributed by atoms with van der Waals surface area (Å²) in [6, 6.07) is 11.5. The van der Waals surface area contributed by atoms with Crippen molar-refractivity contribution in [2.45, 2.75) is 13.0 Å². The van der Waals surface area contributed by atoms with E-state index in [0.717, 1.165) is 33.9 Å². The molecule has 0 bridgehead atoms. The standard InChI is InChI=1S/C16H17NO3/c1-10-7-12(18-2)4-5-13(10)16(17)11-3-6-14-15(8-11)20-9-19-14/h3-8,16H,9,17H2,1-2H3. The average molecular weight is 271 g/mol. The minimum Gasteiger partial charge on any atom is -0.497 e. The molecule has 0 aromatic heterocycles. The molecular formula is C16H17NO3. The Labute approximate surface area is 118 Å². The van der Waals surface area contributed by atoms with E-state index in [1.807, 2.05) is 43.3 Å². The van der Waals surface area contributed by atoms with Crippen molar-refractivity contribution in [3.8, 4) is 17.2 Å². The molecule has 1 aliphatic rings. The smallest absolute Gasteiger partial charge is 0.231 e. The lowest BCUT2D eigenvalue weighted by molar-refractivity contribution is 0.174. The van der Waals surface area contributed by atoms with Gasteiger partial charge in [0.25, 0.3) is 0 Å². The Hall–Kier alpha value is -2.20. The molecule has 0 saturated carbocycles. The molecule has 0 aliphatic carbocycles. The maximum absolute atomic E-state index is 6.37. The molecule has 1 unspecified atom stereocenters. The van der Waals surface area contributed by atoms with E-state index >= 15 is 0 Å². The molecule has 1 aliphatic heterocycles. The molecule has 2 aromatic rings. The predicted molar refractivity (Wildman–Crippen MR) is 76.3 cm³/mol.